The summed E-state index contributed by atoms with van der Waals surface area (Å²) >= 11 is 0. The molecular weight excluding hydrogens is 548 g/mol. The van der Waals surface area contributed by atoms with Crippen LogP contribution in [-0.2, 0) is 16.0 Å². The molecule has 1 aromatic rings. The smallest absolute Gasteiger partial charge is 0.309 e. The molecule has 5 saturated carbocycles. The number of aliphatic hydroxyl groups excluding tert-OH is 1. The number of fused-ring (bicyclic) bond motifs is 7. The summed E-state index contributed by atoms with van der Waals surface area (Å²) in [6.45, 7) is 14.3. The van der Waals surface area contributed by atoms with Gasteiger partial charge in [0.15, 0.2) is 5.79 Å². The van der Waals surface area contributed by atoms with Crippen molar-refractivity contribution in [1.29, 1.82) is 0 Å². The third-order valence-electron chi connectivity index (χ3n) is 16.3. The zero-order chi connectivity index (χ0) is 31.6. The van der Waals surface area contributed by atoms with Crippen molar-refractivity contribution < 1.29 is 24.9 Å². The molecule has 5 aliphatic carbocycles. The van der Waals surface area contributed by atoms with E-state index in [0.29, 0.717) is 18.3 Å². The van der Waals surface area contributed by atoms with Crippen LogP contribution in [0, 0.1) is 56.2 Å². The molecule has 3 N–H and O–H groups in total. The number of carbonyl (C=O) groups is 1. The Morgan fingerprint density at radius 3 is 2.23 bits per heavy atom. The van der Waals surface area contributed by atoms with Crippen LogP contribution < -0.4 is 0 Å². The molecular formula is C39H58O5. The number of carboxylic acids is 1. The Morgan fingerprint density at radius 2 is 1.55 bits per heavy atom. The molecule has 0 amide bonds. The van der Waals surface area contributed by atoms with E-state index in [-0.39, 0.29) is 45.0 Å². The SMILES string of the molecule is CCC[C@H]1[C@@]23CC[C@@H]4[C@@](C)(CC[C@]5(C)[C@@H]6C[C@](C)(C(=O)O)CC[C@@]6(C)CC[C@]45C)[C@@H]2[C@H](O)C[C@]1(O)O[C@H]3Cc1ccccc1. The molecule has 1 saturated heterocycles. The zero-order valence-electron chi connectivity index (χ0n) is 28.2. The van der Waals surface area contributed by atoms with Crippen LogP contribution in [0.15, 0.2) is 30.3 Å². The monoisotopic (exact) mass is 606 g/mol. The predicted molar refractivity (Wildman–Crippen MR) is 172 cm³/mol. The lowest BCUT2D eigenvalue weighted by Gasteiger charge is -2.75. The lowest BCUT2D eigenvalue weighted by molar-refractivity contribution is -0.288. The molecule has 13 atom stereocenters. The normalized spacial score (nSPS) is 54.5. The molecule has 6 fully saturated rings. The van der Waals surface area contributed by atoms with Crippen molar-refractivity contribution in [2.24, 2.45) is 56.2 Å². The van der Waals surface area contributed by atoms with Gasteiger partial charge in [0.1, 0.15) is 0 Å². The van der Waals surface area contributed by atoms with Crippen LogP contribution in [0.5, 0.6) is 0 Å². The summed E-state index contributed by atoms with van der Waals surface area (Å²) in [6.07, 6.45) is 11.4. The fraction of sp³-hybridized carbons (Fsp3) is 0.821. The quantitative estimate of drug-likeness (QED) is 0.316. The summed E-state index contributed by atoms with van der Waals surface area (Å²) in [4.78, 5) is 12.6. The number of aliphatic hydroxyl groups is 2. The topological polar surface area (TPSA) is 87.0 Å². The van der Waals surface area contributed by atoms with Gasteiger partial charge in [0.05, 0.1) is 17.6 Å². The first-order chi connectivity index (χ1) is 20.6. The van der Waals surface area contributed by atoms with Crippen LogP contribution in [0.3, 0.4) is 0 Å². The van der Waals surface area contributed by atoms with Gasteiger partial charge in [-0.05, 0) is 123 Å². The maximum Gasteiger partial charge on any atom is 0.309 e. The molecule has 1 aromatic carbocycles. The standard InChI is InChI=1S/C39H58O5/c1-7-11-28-38-15-14-27-35(4,31(38)26(40)23-39(28,43)44-30(38)22-25-12-9-8-10-13-25)19-21-37(6)29-24-34(3,32(41)42)17-16-33(29,2)18-20-36(27,37)5/h8-10,12-13,26-31,40,43H,7,11,14-24H2,1-6H3,(H,41,42)/t26-,27-,28+,29-,30+,31+,33+,34-,35-,36-,37-,38-,39+/m1/s1. The van der Waals surface area contributed by atoms with Crippen LogP contribution in [0.25, 0.3) is 0 Å². The highest BCUT2D eigenvalue weighted by Gasteiger charge is 2.78. The number of rotatable bonds is 5. The van der Waals surface area contributed by atoms with Crippen molar-refractivity contribution in [3.63, 3.8) is 0 Å². The number of aliphatic carboxylic acids is 1. The summed E-state index contributed by atoms with van der Waals surface area (Å²) in [5.41, 5.74) is 0.595. The number of hydrogen-bond acceptors (Lipinski definition) is 4. The van der Waals surface area contributed by atoms with E-state index in [0.717, 1.165) is 64.2 Å². The van der Waals surface area contributed by atoms with Gasteiger partial charge in [0.25, 0.3) is 0 Å². The van der Waals surface area contributed by atoms with Crippen LogP contribution in [0.1, 0.15) is 124 Å². The van der Waals surface area contributed by atoms with Gasteiger partial charge >= 0.3 is 5.97 Å². The van der Waals surface area contributed by atoms with E-state index in [4.69, 9.17) is 4.74 Å². The van der Waals surface area contributed by atoms with E-state index in [1.165, 1.54) is 18.4 Å². The van der Waals surface area contributed by atoms with Crippen molar-refractivity contribution in [1.82, 2.24) is 0 Å². The minimum absolute atomic E-state index is 0.0327. The van der Waals surface area contributed by atoms with Crippen molar-refractivity contribution in [3.05, 3.63) is 35.9 Å². The highest BCUT2D eigenvalue weighted by molar-refractivity contribution is 5.74. The fourth-order valence-electron chi connectivity index (χ4n) is 14.0. The first kappa shape index (κ1) is 31.2. The minimum Gasteiger partial charge on any atom is -0.481 e. The van der Waals surface area contributed by atoms with Gasteiger partial charge in [-0.15, -0.1) is 0 Å². The third-order valence-corrected chi connectivity index (χ3v) is 16.3. The van der Waals surface area contributed by atoms with Gasteiger partial charge in [-0.2, -0.15) is 0 Å². The first-order valence-corrected chi connectivity index (χ1v) is 18.0. The van der Waals surface area contributed by atoms with Crippen LogP contribution in [0.4, 0.5) is 0 Å². The molecule has 7 rings (SSSR count). The second-order valence-electron chi connectivity index (χ2n) is 18.1. The maximum atomic E-state index is 12.6. The second-order valence-corrected chi connectivity index (χ2v) is 18.1. The first-order valence-electron chi connectivity index (χ1n) is 18.0. The maximum absolute atomic E-state index is 12.6. The molecule has 1 spiro atoms. The Balaban J connectivity index is 1.30. The predicted octanol–water partition coefficient (Wildman–Crippen LogP) is 8.01. The van der Waals surface area contributed by atoms with Crippen molar-refractivity contribution in [2.75, 3.05) is 0 Å². The molecule has 44 heavy (non-hydrogen) atoms. The molecule has 5 heteroatoms. The fourth-order valence-corrected chi connectivity index (χ4v) is 14.0. The van der Waals surface area contributed by atoms with Crippen LogP contribution in [0.2, 0.25) is 0 Å². The summed E-state index contributed by atoms with van der Waals surface area (Å²) in [5.74, 6) is -0.942. The van der Waals surface area contributed by atoms with Gasteiger partial charge in [-0.25, -0.2) is 0 Å². The Hall–Kier alpha value is -1.43. The highest BCUT2D eigenvalue weighted by Crippen LogP contribution is 2.80. The van der Waals surface area contributed by atoms with E-state index in [1.807, 2.05) is 6.92 Å². The Kier molecular flexibility index (Phi) is 6.94. The summed E-state index contributed by atoms with van der Waals surface area (Å²) in [6, 6.07) is 10.6. The Morgan fingerprint density at radius 1 is 0.886 bits per heavy atom. The van der Waals surface area contributed by atoms with E-state index in [9.17, 15) is 20.1 Å². The number of benzene rings is 1. The lowest BCUT2D eigenvalue weighted by Crippen LogP contribution is -2.71. The van der Waals surface area contributed by atoms with Crippen molar-refractivity contribution in [3.8, 4) is 0 Å². The molecule has 244 valence electrons. The zero-order valence-corrected chi connectivity index (χ0v) is 28.2. The largest absolute Gasteiger partial charge is 0.481 e. The minimum atomic E-state index is -1.27. The Bertz CT molecular complexity index is 1300. The number of hydrogen-bond donors (Lipinski definition) is 3. The third kappa shape index (κ3) is 3.84. The number of carboxylic acid groups (broad SMARTS) is 1. The van der Waals surface area contributed by atoms with E-state index in [2.05, 4.69) is 65.0 Å². The molecule has 0 radical (unpaired) electrons. The van der Waals surface area contributed by atoms with Gasteiger partial charge in [-0.1, -0.05) is 71.4 Å². The van der Waals surface area contributed by atoms with E-state index in [1.54, 1.807) is 0 Å². The van der Waals surface area contributed by atoms with Crippen LogP contribution >= 0.6 is 0 Å². The average molecular weight is 607 g/mol. The van der Waals surface area contributed by atoms with Crippen molar-refractivity contribution >= 4 is 5.97 Å². The number of ether oxygens (including phenoxy) is 1. The molecule has 2 bridgehead atoms. The second kappa shape index (κ2) is 9.80. The molecule has 1 aliphatic heterocycles. The molecule has 0 aromatic heterocycles. The Labute approximate surface area is 265 Å². The summed E-state index contributed by atoms with van der Waals surface area (Å²) < 4.78 is 6.82. The van der Waals surface area contributed by atoms with E-state index >= 15 is 0 Å². The summed E-state index contributed by atoms with van der Waals surface area (Å²) in [7, 11) is 0. The van der Waals surface area contributed by atoms with Crippen LogP contribution in [-0.4, -0.2) is 39.3 Å². The van der Waals surface area contributed by atoms with Gasteiger partial charge in [-0.3, -0.25) is 4.79 Å². The van der Waals surface area contributed by atoms with Crippen molar-refractivity contribution in [2.45, 2.75) is 143 Å². The molecule has 5 nitrogen and oxygen atoms in total. The summed E-state index contributed by atoms with van der Waals surface area (Å²) in [5, 5.41) is 34.7. The molecule has 1 heterocycles. The lowest BCUT2D eigenvalue weighted by atomic mass is 9.29. The highest BCUT2D eigenvalue weighted by atomic mass is 16.6. The van der Waals surface area contributed by atoms with Gasteiger partial charge < -0.3 is 20.1 Å². The molecule has 6 aliphatic rings. The average Bonchev–Trinajstić information content (AvgIpc) is 3.11. The molecule has 0 unspecified atom stereocenters. The van der Waals surface area contributed by atoms with Gasteiger partial charge in [0.2, 0.25) is 0 Å². The van der Waals surface area contributed by atoms with E-state index < -0.39 is 23.3 Å². The van der Waals surface area contributed by atoms with Gasteiger partial charge in [0, 0.05) is 17.8 Å².